The van der Waals surface area contributed by atoms with Crippen LogP contribution in [0.3, 0.4) is 0 Å². The lowest BCUT2D eigenvalue weighted by Gasteiger charge is -2.28. The van der Waals surface area contributed by atoms with Crippen molar-refractivity contribution in [1.82, 2.24) is 0 Å². The minimum Gasteiger partial charge on any atom is -0.300 e. The van der Waals surface area contributed by atoms with Gasteiger partial charge in [0.15, 0.2) is 0 Å². The van der Waals surface area contributed by atoms with E-state index in [9.17, 15) is 4.79 Å². The highest BCUT2D eigenvalue weighted by Crippen LogP contribution is 2.37. The third kappa shape index (κ3) is 1.70. The van der Waals surface area contributed by atoms with Gasteiger partial charge in [0.1, 0.15) is 5.78 Å². The smallest absolute Gasteiger partial charge is 0.133 e. The fourth-order valence-corrected chi connectivity index (χ4v) is 2.85. The standard InChI is InChI=1S/C11H18O/c12-11-7-6-9-4-2-1-3-5-10(9)8-11/h9-10H,1-8H2. The molecule has 0 aromatic heterocycles. The maximum Gasteiger partial charge on any atom is 0.133 e. The summed E-state index contributed by atoms with van der Waals surface area (Å²) < 4.78 is 0. The highest BCUT2D eigenvalue weighted by atomic mass is 16.1. The first-order chi connectivity index (χ1) is 5.86. The number of hydrogen-bond acceptors (Lipinski definition) is 1. The van der Waals surface area contributed by atoms with Crippen LogP contribution >= 0.6 is 0 Å². The normalized spacial score (nSPS) is 37.2. The number of fused-ring (bicyclic) bond motifs is 1. The summed E-state index contributed by atoms with van der Waals surface area (Å²) >= 11 is 0. The monoisotopic (exact) mass is 166 g/mol. The van der Waals surface area contributed by atoms with E-state index in [0.717, 1.165) is 24.7 Å². The molecule has 2 aliphatic carbocycles. The van der Waals surface area contributed by atoms with Crippen molar-refractivity contribution in [2.75, 3.05) is 0 Å². The Morgan fingerprint density at radius 1 is 0.917 bits per heavy atom. The summed E-state index contributed by atoms with van der Waals surface area (Å²) in [5, 5.41) is 0. The van der Waals surface area contributed by atoms with Gasteiger partial charge in [-0.2, -0.15) is 0 Å². The summed E-state index contributed by atoms with van der Waals surface area (Å²) in [6, 6.07) is 0. The molecular weight excluding hydrogens is 148 g/mol. The molecule has 0 aromatic rings. The Balaban J connectivity index is 1.99. The van der Waals surface area contributed by atoms with Crippen molar-refractivity contribution in [3.63, 3.8) is 0 Å². The molecule has 1 heteroatoms. The van der Waals surface area contributed by atoms with E-state index >= 15 is 0 Å². The van der Waals surface area contributed by atoms with Gasteiger partial charge in [0.05, 0.1) is 0 Å². The van der Waals surface area contributed by atoms with Crippen LogP contribution in [0.4, 0.5) is 0 Å². The minimum absolute atomic E-state index is 0.526. The first kappa shape index (κ1) is 8.28. The van der Waals surface area contributed by atoms with Crippen LogP contribution in [0.5, 0.6) is 0 Å². The Morgan fingerprint density at radius 3 is 2.50 bits per heavy atom. The number of rotatable bonds is 0. The number of hydrogen-bond donors (Lipinski definition) is 0. The zero-order valence-electron chi connectivity index (χ0n) is 7.72. The molecule has 0 aromatic carbocycles. The SMILES string of the molecule is O=C1CCC2CCCCCC2C1. The van der Waals surface area contributed by atoms with Crippen LogP contribution in [0.2, 0.25) is 0 Å². The Labute approximate surface area is 74.5 Å². The largest absolute Gasteiger partial charge is 0.300 e. The summed E-state index contributed by atoms with van der Waals surface area (Å²) in [5.41, 5.74) is 0. The van der Waals surface area contributed by atoms with Crippen LogP contribution in [0, 0.1) is 11.8 Å². The molecule has 0 spiro atoms. The van der Waals surface area contributed by atoms with E-state index in [4.69, 9.17) is 0 Å². The van der Waals surface area contributed by atoms with E-state index in [2.05, 4.69) is 0 Å². The first-order valence-electron chi connectivity index (χ1n) is 5.38. The predicted molar refractivity (Wildman–Crippen MR) is 48.9 cm³/mol. The highest BCUT2D eigenvalue weighted by molar-refractivity contribution is 5.79. The number of carbonyl (C=O) groups is 1. The molecule has 2 unspecified atom stereocenters. The third-order valence-electron chi connectivity index (χ3n) is 3.60. The molecule has 12 heavy (non-hydrogen) atoms. The van der Waals surface area contributed by atoms with Gasteiger partial charge in [0.2, 0.25) is 0 Å². The lowest BCUT2D eigenvalue weighted by atomic mass is 9.76. The Hall–Kier alpha value is -0.330. The molecule has 2 aliphatic rings. The molecule has 68 valence electrons. The van der Waals surface area contributed by atoms with E-state index in [-0.39, 0.29) is 0 Å². The van der Waals surface area contributed by atoms with Gasteiger partial charge in [-0.3, -0.25) is 4.79 Å². The molecule has 0 radical (unpaired) electrons. The van der Waals surface area contributed by atoms with Crippen LogP contribution in [0.1, 0.15) is 51.4 Å². The van der Waals surface area contributed by atoms with E-state index in [1.54, 1.807) is 0 Å². The fraction of sp³-hybridized carbons (Fsp3) is 0.909. The zero-order chi connectivity index (χ0) is 8.39. The van der Waals surface area contributed by atoms with Crippen molar-refractivity contribution < 1.29 is 4.79 Å². The maximum atomic E-state index is 11.2. The van der Waals surface area contributed by atoms with Crippen molar-refractivity contribution in [2.45, 2.75) is 51.4 Å². The van der Waals surface area contributed by atoms with Crippen molar-refractivity contribution in [3.05, 3.63) is 0 Å². The van der Waals surface area contributed by atoms with E-state index in [0.29, 0.717) is 5.78 Å². The number of carbonyl (C=O) groups excluding carboxylic acids is 1. The second-order valence-electron chi connectivity index (χ2n) is 4.44. The molecule has 0 aliphatic heterocycles. The predicted octanol–water partition coefficient (Wildman–Crippen LogP) is 2.94. The van der Waals surface area contributed by atoms with Gasteiger partial charge in [0.25, 0.3) is 0 Å². The molecule has 2 saturated carbocycles. The van der Waals surface area contributed by atoms with Crippen molar-refractivity contribution in [1.29, 1.82) is 0 Å². The quantitative estimate of drug-likeness (QED) is 0.540. The average Bonchev–Trinajstić information content (AvgIpc) is 2.28. The zero-order valence-corrected chi connectivity index (χ0v) is 7.72. The van der Waals surface area contributed by atoms with Gasteiger partial charge in [-0.15, -0.1) is 0 Å². The van der Waals surface area contributed by atoms with Gasteiger partial charge in [-0.1, -0.05) is 25.7 Å². The number of ketones is 1. The Bertz CT molecular complexity index is 174. The summed E-state index contributed by atoms with van der Waals surface area (Å²) in [4.78, 5) is 11.2. The molecule has 0 saturated heterocycles. The Morgan fingerprint density at radius 2 is 1.67 bits per heavy atom. The van der Waals surface area contributed by atoms with Gasteiger partial charge in [0, 0.05) is 12.8 Å². The van der Waals surface area contributed by atoms with Gasteiger partial charge < -0.3 is 0 Å². The van der Waals surface area contributed by atoms with Gasteiger partial charge in [-0.05, 0) is 24.7 Å². The van der Waals surface area contributed by atoms with Crippen LogP contribution < -0.4 is 0 Å². The first-order valence-corrected chi connectivity index (χ1v) is 5.38. The minimum atomic E-state index is 0.526. The molecule has 0 bridgehead atoms. The molecule has 2 atom stereocenters. The van der Waals surface area contributed by atoms with Crippen LogP contribution in [0.15, 0.2) is 0 Å². The molecule has 0 amide bonds. The molecule has 0 N–H and O–H groups in total. The van der Waals surface area contributed by atoms with E-state index in [1.807, 2.05) is 0 Å². The van der Waals surface area contributed by atoms with Crippen molar-refractivity contribution in [2.24, 2.45) is 11.8 Å². The topological polar surface area (TPSA) is 17.1 Å². The van der Waals surface area contributed by atoms with Crippen molar-refractivity contribution in [3.8, 4) is 0 Å². The Kier molecular flexibility index (Phi) is 2.48. The van der Waals surface area contributed by atoms with Crippen molar-refractivity contribution >= 4 is 5.78 Å². The molecule has 0 heterocycles. The van der Waals surface area contributed by atoms with Crippen LogP contribution in [0.25, 0.3) is 0 Å². The summed E-state index contributed by atoms with van der Waals surface area (Å²) in [5.74, 6) is 2.21. The van der Waals surface area contributed by atoms with E-state index < -0.39 is 0 Å². The molecule has 1 nitrogen and oxygen atoms in total. The molecular formula is C11H18O. The molecule has 2 fully saturated rings. The second-order valence-corrected chi connectivity index (χ2v) is 4.44. The lowest BCUT2D eigenvalue weighted by molar-refractivity contribution is -0.122. The van der Waals surface area contributed by atoms with E-state index in [1.165, 1.54) is 38.5 Å². The van der Waals surface area contributed by atoms with Gasteiger partial charge >= 0.3 is 0 Å². The highest BCUT2D eigenvalue weighted by Gasteiger charge is 2.29. The van der Waals surface area contributed by atoms with Crippen LogP contribution in [-0.4, -0.2) is 5.78 Å². The summed E-state index contributed by atoms with van der Waals surface area (Å²) in [6.45, 7) is 0. The fourth-order valence-electron chi connectivity index (χ4n) is 2.85. The average molecular weight is 166 g/mol. The third-order valence-corrected chi connectivity index (χ3v) is 3.60. The molecule has 2 rings (SSSR count). The second kappa shape index (κ2) is 3.59. The van der Waals surface area contributed by atoms with Crippen LogP contribution in [-0.2, 0) is 4.79 Å². The lowest BCUT2D eigenvalue weighted by Crippen LogP contribution is -2.23. The maximum absolute atomic E-state index is 11.2. The van der Waals surface area contributed by atoms with Gasteiger partial charge in [-0.25, -0.2) is 0 Å². The summed E-state index contributed by atoms with van der Waals surface area (Å²) in [7, 11) is 0. The number of Topliss-reactive ketones (excluding diaryl/α,β-unsaturated/α-hetero) is 1. The summed E-state index contributed by atoms with van der Waals surface area (Å²) in [6.07, 6.45) is 9.90.